The van der Waals surface area contributed by atoms with Crippen LogP contribution in [-0.4, -0.2) is 28.4 Å². The molecule has 152 valence electrons. The number of rotatable bonds is 6. The zero-order valence-electron chi connectivity index (χ0n) is 16.0. The number of methoxy groups -OCH3 is 1. The van der Waals surface area contributed by atoms with Gasteiger partial charge in [0.15, 0.2) is 5.16 Å². The molecule has 0 aliphatic rings. The van der Waals surface area contributed by atoms with E-state index >= 15 is 0 Å². The summed E-state index contributed by atoms with van der Waals surface area (Å²) < 4.78 is 6.15. The summed E-state index contributed by atoms with van der Waals surface area (Å²) in [4.78, 5) is 30.3. The molecule has 4 rings (SSSR count). The monoisotopic (exact) mass is 438 g/mol. The number of carbonyl (C=O) groups excluding carboxylic acids is 1. The van der Waals surface area contributed by atoms with Crippen LogP contribution in [0.15, 0.2) is 69.9 Å². The van der Waals surface area contributed by atoms with Crippen LogP contribution in [0.3, 0.4) is 0 Å². The maximum atomic E-state index is 12.9. The van der Waals surface area contributed by atoms with Gasteiger partial charge in [-0.1, -0.05) is 48.2 Å². The number of thiophene rings is 1. The number of aromatic nitrogens is 2. The standard InChI is InChI=1S/C21H18N4O3S2/c1-28-15-9-5-8-14(10-15)23-17(26)12-30-21-24-19-18(20(27)25(21)22)16(11-29-19)13-6-3-2-4-7-13/h2-11H,12,22H2,1H3,(H,23,26). The van der Waals surface area contributed by atoms with Crippen molar-refractivity contribution in [3.05, 3.63) is 70.3 Å². The van der Waals surface area contributed by atoms with Gasteiger partial charge in [-0.25, -0.2) is 9.66 Å². The second kappa shape index (κ2) is 8.60. The number of anilines is 1. The number of nitrogen functional groups attached to an aromatic ring is 1. The molecule has 3 N–H and O–H groups in total. The van der Waals surface area contributed by atoms with Crippen LogP contribution in [0, 0.1) is 0 Å². The smallest absolute Gasteiger partial charge is 0.282 e. The first-order valence-electron chi connectivity index (χ1n) is 8.98. The van der Waals surface area contributed by atoms with Gasteiger partial charge < -0.3 is 15.9 Å². The highest BCUT2D eigenvalue weighted by Gasteiger charge is 2.17. The minimum atomic E-state index is -0.337. The molecule has 0 spiro atoms. The number of ether oxygens (including phenoxy) is 1. The molecule has 0 bridgehead atoms. The Balaban J connectivity index is 1.54. The normalized spacial score (nSPS) is 10.8. The van der Waals surface area contributed by atoms with Crippen molar-refractivity contribution >= 4 is 44.9 Å². The molecular weight excluding hydrogens is 420 g/mol. The molecule has 2 aromatic heterocycles. The van der Waals surface area contributed by atoms with Gasteiger partial charge in [-0.05, 0) is 17.7 Å². The number of thioether (sulfide) groups is 1. The quantitative estimate of drug-likeness (QED) is 0.271. The van der Waals surface area contributed by atoms with Gasteiger partial charge in [-0.15, -0.1) is 11.3 Å². The van der Waals surface area contributed by atoms with E-state index in [2.05, 4.69) is 10.3 Å². The SMILES string of the molecule is COc1cccc(NC(=O)CSc2nc3scc(-c4ccccc4)c3c(=O)n2N)c1. The maximum absolute atomic E-state index is 12.9. The zero-order valence-corrected chi connectivity index (χ0v) is 17.6. The van der Waals surface area contributed by atoms with Crippen molar-refractivity contribution in [2.24, 2.45) is 0 Å². The van der Waals surface area contributed by atoms with Gasteiger partial charge in [-0.3, -0.25) is 9.59 Å². The molecule has 2 aromatic carbocycles. The first-order valence-corrected chi connectivity index (χ1v) is 10.8. The van der Waals surface area contributed by atoms with Crippen molar-refractivity contribution < 1.29 is 9.53 Å². The molecule has 7 nitrogen and oxygen atoms in total. The lowest BCUT2D eigenvalue weighted by atomic mass is 10.1. The van der Waals surface area contributed by atoms with Crippen molar-refractivity contribution in [2.45, 2.75) is 5.16 Å². The first-order chi connectivity index (χ1) is 14.6. The lowest BCUT2D eigenvalue weighted by Crippen LogP contribution is -2.30. The minimum absolute atomic E-state index is 0.0588. The van der Waals surface area contributed by atoms with Crippen LogP contribution in [0.1, 0.15) is 0 Å². The van der Waals surface area contributed by atoms with Crippen LogP contribution in [0.5, 0.6) is 5.75 Å². The Kier molecular flexibility index (Phi) is 5.73. The number of hydrogen-bond acceptors (Lipinski definition) is 7. The fraction of sp³-hybridized carbons (Fsp3) is 0.0952. The van der Waals surface area contributed by atoms with Crippen LogP contribution >= 0.6 is 23.1 Å². The van der Waals surface area contributed by atoms with E-state index in [1.165, 1.54) is 11.3 Å². The van der Waals surface area contributed by atoms with E-state index in [0.717, 1.165) is 27.6 Å². The number of nitrogens with one attached hydrogen (secondary N) is 1. The lowest BCUT2D eigenvalue weighted by molar-refractivity contribution is -0.113. The zero-order chi connectivity index (χ0) is 21.1. The molecule has 0 saturated carbocycles. The van der Waals surface area contributed by atoms with E-state index in [9.17, 15) is 9.59 Å². The highest BCUT2D eigenvalue weighted by molar-refractivity contribution is 7.99. The summed E-state index contributed by atoms with van der Waals surface area (Å²) >= 11 is 2.49. The predicted octanol–water partition coefficient (Wildman–Crippen LogP) is 3.58. The van der Waals surface area contributed by atoms with Crippen molar-refractivity contribution in [3.63, 3.8) is 0 Å². The Morgan fingerprint density at radius 2 is 2.03 bits per heavy atom. The van der Waals surface area contributed by atoms with Gasteiger partial charge in [0.1, 0.15) is 10.6 Å². The highest BCUT2D eigenvalue weighted by Crippen LogP contribution is 2.31. The van der Waals surface area contributed by atoms with E-state index in [-0.39, 0.29) is 22.4 Å². The Labute approximate surface area is 180 Å². The molecule has 9 heteroatoms. The maximum Gasteiger partial charge on any atom is 0.282 e. The molecule has 0 aliphatic heterocycles. The molecule has 0 radical (unpaired) electrons. The van der Waals surface area contributed by atoms with Crippen LogP contribution < -0.4 is 21.5 Å². The Morgan fingerprint density at radius 3 is 2.80 bits per heavy atom. The molecule has 1 amide bonds. The summed E-state index contributed by atoms with van der Waals surface area (Å²) in [6.07, 6.45) is 0. The fourth-order valence-corrected chi connectivity index (χ4v) is 4.65. The third-order valence-electron chi connectivity index (χ3n) is 4.38. The molecule has 0 unspecified atom stereocenters. The first kappa shape index (κ1) is 20.0. The molecule has 2 heterocycles. The largest absolute Gasteiger partial charge is 0.497 e. The average Bonchev–Trinajstić information content (AvgIpc) is 3.20. The topological polar surface area (TPSA) is 99.2 Å². The van der Waals surface area contributed by atoms with E-state index in [1.54, 1.807) is 31.4 Å². The van der Waals surface area contributed by atoms with Gasteiger partial charge in [0.05, 0.1) is 18.2 Å². The summed E-state index contributed by atoms with van der Waals surface area (Å²) in [5.41, 5.74) is 2.02. The predicted molar refractivity (Wildman–Crippen MR) is 122 cm³/mol. The van der Waals surface area contributed by atoms with Crippen molar-refractivity contribution in [1.29, 1.82) is 0 Å². The van der Waals surface area contributed by atoms with Crippen LogP contribution in [0.2, 0.25) is 0 Å². The number of fused-ring (bicyclic) bond motifs is 1. The number of benzene rings is 2. The lowest BCUT2D eigenvalue weighted by Gasteiger charge is -2.09. The van der Waals surface area contributed by atoms with Crippen molar-refractivity contribution in [1.82, 2.24) is 9.66 Å². The third-order valence-corrected chi connectivity index (χ3v) is 6.20. The minimum Gasteiger partial charge on any atom is -0.497 e. The second-order valence-electron chi connectivity index (χ2n) is 6.33. The summed E-state index contributed by atoms with van der Waals surface area (Å²) in [5.74, 6) is 6.48. The Morgan fingerprint density at radius 1 is 1.23 bits per heavy atom. The second-order valence-corrected chi connectivity index (χ2v) is 8.13. The van der Waals surface area contributed by atoms with Crippen molar-refractivity contribution in [2.75, 3.05) is 24.0 Å². The van der Waals surface area contributed by atoms with E-state index in [4.69, 9.17) is 10.6 Å². The van der Waals surface area contributed by atoms with Crippen LogP contribution in [0.25, 0.3) is 21.3 Å². The van der Waals surface area contributed by atoms with Gasteiger partial charge >= 0.3 is 0 Å². The number of carbonyl (C=O) groups is 1. The van der Waals surface area contributed by atoms with Crippen molar-refractivity contribution in [3.8, 4) is 16.9 Å². The summed E-state index contributed by atoms with van der Waals surface area (Å²) in [7, 11) is 1.56. The van der Waals surface area contributed by atoms with Gasteiger partial charge in [0.2, 0.25) is 5.91 Å². The Bertz CT molecular complexity index is 1270. The fourth-order valence-electron chi connectivity index (χ4n) is 2.94. The molecule has 30 heavy (non-hydrogen) atoms. The Hall–Kier alpha value is -3.30. The molecule has 0 saturated heterocycles. The summed E-state index contributed by atoms with van der Waals surface area (Å²) in [5, 5.41) is 5.46. The number of amides is 1. The van der Waals surface area contributed by atoms with Crippen LogP contribution in [-0.2, 0) is 4.79 Å². The molecular formula is C21H18N4O3S2. The summed E-state index contributed by atoms with van der Waals surface area (Å²) in [6.45, 7) is 0. The number of hydrogen-bond donors (Lipinski definition) is 2. The number of nitrogens with zero attached hydrogens (tertiary/aromatic N) is 2. The molecule has 0 aliphatic carbocycles. The van der Waals surface area contributed by atoms with E-state index in [0.29, 0.717) is 21.7 Å². The molecule has 0 fully saturated rings. The van der Waals surface area contributed by atoms with E-state index < -0.39 is 0 Å². The highest BCUT2D eigenvalue weighted by atomic mass is 32.2. The van der Waals surface area contributed by atoms with E-state index in [1.807, 2.05) is 35.7 Å². The van der Waals surface area contributed by atoms with Crippen LogP contribution in [0.4, 0.5) is 5.69 Å². The van der Waals surface area contributed by atoms with Gasteiger partial charge in [-0.2, -0.15) is 0 Å². The van der Waals surface area contributed by atoms with Gasteiger partial charge in [0.25, 0.3) is 5.56 Å². The molecule has 4 aromatic rings. The van der Waals surface area contributed by atoms with Gasteiger partial charge in [0, 0.05) is 22.7 Å². The third kappa shape index (κ3) is 4.03. The average molecular weight is 439 g/mol. The molecule has 0 atom stereocenters. The number of nitrogens with two attached hydrogens (primary N) is 1. The summed E-state index contributed by atoms with van der Waals surface area (Å²) in [6, 6.07) is 16.7.